The lowest BCUT2D eigenvalue weighted by Crippen LogP contribution is -2.32. The first-order valence-corrected chi connectivity index (χ1v) is 7.44. The van der Waals surface area contributed by atoms with Crippen molar-refractivity contribution >= 4 is 17.3 Å². The van der Waals surface area contributed by atoms with E-state index in [2.05, 4.69) is 5.16 Å². The van der Waals surface area contributed by atoms with Crippen LogP contribution in [0.2, 0.25) is 0 Å². The molecular formula is C18H15N3O2. The van der Waals surface area contributed by atoms with Crippen molar-refractivity contribution in [1.29, 1.82) is 0 Å². The van der Waals surface area contributed by atoms with E-state index >= 15 is 0 Å². The molecule has 0 saturated heterocycles. The zero-order valence-corrected chi connectivity index (χ0v) is 12.4. The predicted octanol–water partition coefficient (Wildman–Crippen LogP) is 3.13. The molecule has 5 nitrogen and oxygen atoms in total. The first-order valence-electron chi connectivity index (χ1n) is 7.44. The minimum Gasteiger partial charge on any atom is -0.399 e. The molecule has 2 N–H and O–H groups in total. The Balaban J connectivity index is 1.80. The number of carbonyl (C=O) groups excluding carboxylic acids is 1. The van der Waals surface area contributed by atoms with Crippen molar-refractivity contribution in [3.8, 4) is 11.3 Å². The number of nitrogens with two attached hydrogens (primary N) is 1. The molecule has 1 aliphatic rings. The van der Waals surface area contributed by atoms with Crippen LogP contribution in [0.3, 0.4) is 0 Å². The van der Waals surface area contributed by atoms with Crippen LogP contribution in [-0.2, 0) is 6.42 Å². The van der Waals surface area contributed by atoms with Gasteiger partial charge in [-0.2, -0.15) is 0 Å². The molecule has 0 aliphatic carbocycles. The summed E-state index contributed by atoms with van der Waals surface area (Å²) in [6.07, 6.45) is 2.43. The summed E-state index contributed by atoms with van der Waals surface area (Å²) in [5.74, 6) is 0.698. The van der Waals surface area contributed by atoms with Gasteiger partial charge in [-0.25, -0.2) is 0 Å². The number of hydrogen-bond acceptors (Lipinski definition) is 4. The van der Waals surface area contributed by atoms with E-state index in [0.29, 0.717) is 24.2 Å². The number of rotatable bonds is 1. The summed E-state index contributed by atoms with van der Waals surface area (Å²) in [5.41, 5.74) is 9.71. The molecule has 0 unspecified atom stereocenters. The van der Waals surface area contributed by atoms with E-state index in [-0.39, 0.29) is 5.91 Å². The second kappa shape index (κ2) is 5.28. The number of nitrogens with zero attached hydrogens (tertiary/aromatic N) is 2. The highest BCUT2D eigenvalue weighted by molar-refractivity contribution is 6.08. The van der Waals surface area contributed by atoms with Crippen LogP contribution >= 0.6 is 0 Å². The molecule has 0 saturated carbocycles. The van der Waals surface area contributed by atoms with Crippen molar-refractivity contribution in [2.24, 2.45) is 0 Å². The Morgan fingerprint density at radius 1 is 1.13 bits per heavy atom. The average molecular weight is 305 g/mol. The van der Waals surface area contributed by atoms with Crippen LogP contribution in [0.1, 0.15) is 15.9 Å². The van der Waals surface area contributed by atoms with Crippen LogP contribution in [0.5, 0.6) is 0 Å². The lowest BCUT2D eigenvalue weighted by atomic mass is 10.1. The fraction of sp³-hybridized carbons (Fsp3) is 0.111. The number of anilines is 2. The summed E-state index contributed by atoms with van der Waals surface area (Å²) in [4.78, 5) is 14.7. The van der Waals surface area contributed by atoms with E-state index < -0.39 is 0 Å². The highest BCUT2D eigenvalue weighted by atomic mass is 16.5. The number of nitrogen functional groups attached to an aromatic ring is 1. The van der Waals surface area contributed by atoms with Crippen molar-refractivity contribution < 1.29 is 9.32 Å². The average Bonchev–Trinajstić information content (AvgIpc) is 2.98. The lowest BCUT2D eigenvalue weighted by Gasteiger charge is -2.22. The molecule has 0 bridgehead atoms. The van der Waals surface area contributed by atoms with Crippen molar-refractivity contribution in [3.05, 3.63) is 65.9 Å². The van der Waals surface area contributed by atoms with Gasteiger partial charge >= 0.3 is 0 Å². The number of para-hydroxylation sites is 1. The van der Waals surface area contributed by atoms with Gasteiger partial charge in [0.05, 0.1) is 11.9 Å². The molecule has 1 aliphatic heterocycles. The smallest absolute Gasteiger partial charge is 0.258 e. The number of hydrogen-bond donors (Lipinski definition) is 1. The third kappa shape index (κ3) is 2.26. The molecule has 5 heteroatoms. The maximum Gasteiger partial charge on any atom is 0.258 e. The SMILES string of the molecule is Nc1ccc(C(=O)N2CCc3cnoc3-c3ccccc32)cc1. The third-order valence-corrected chi connectivity index (χ3v) is 4.09. The summed E-state index contributed by atoms with van der Waals surface area (Å²) in [6, 6.07) is 14.7. The summed E-state index contributed by atoms with van der Waals surface area (Å²) in [5, 5.41) is 3.89. The van der Waals surface area contributed by atoms with E-state index in [0.717, 1.165) is 22.6 Å². The number of carbonyl (C=O) groups is 1. The Bertz CT molecular complexity index is 868. The first-order chi connectivity index (χ1) is 11.2. The zero-order chi connectivity index (χ0) is 15.8. The van der Waals surface area contributed by atoms with E-state index in [9.17, 15) is 4.79 Å². The van der Waals surface area contributed by atoms with Crippen LogP contribution in [0.25, 0.3) is 11.3 Å². The second-order valence-electron chi connectivity index (χ2n) is 5.53. The molecular weight excluding hydrogens is 290 g/mol. The largest absolute Gasteiger partial charge is 0.399 e. The number of amides is 1. The zero-order valence-electron chi connectivity index (χ0n) is 12.4. The van der Waals surface area contributed by atoms with Gasteiger partial charge in [-0.3, -0.25) is 4.79 Å². The molecule has 23 heavy (non-hydrogen) atoms. The number of aromatic nitrogens is 1. The quantitative estimate of drug-likeness (QED) is 0.701. The van der Waals surface area contributed by atoms with Gasteiger partial charge in [-0.05, 0) is 42.8 Å². The van der Waals surface area contributed by atoms with E-state index in [1.807, 2.05) is 24.3 Å². The van der Waals surface area contributed by atoms with Gasteiger partial charge in [-0.1, -0.05) is 17.3 Å². The summed E-state index contributed by atoms with van der Waals surface area (Å²) < 4.78 is 5.41. The monoisotopic (exact) mass is 305 g/mol. The van der Waals surface area contributed by atoms with E-state index in [1.54, 1.807) is 35.4 Å². The van der Waals surface area contributed by atoms with Crippen LogP contribution in [0.4, 0.5) is 11.4 Å². The molecule has 1 amide bonds. The van der Waals surface area contributed by atoms with Crippen LogP contribution in [-0.4, -0.2) is 17.6 Å². The van der Waals surface area contributed by atoms with Crippen molar-refractivity contribution in [2.75, 3.05) is 17.2 Å². The van der Waals surface area contributed by atoms with Crippen LogP contribution in [0, 0.1) is 0 Å². The Labute approximate surface area is 133 Å². The van der Waals surface area contributed by atoms with Crippen LogP contribution < -0.4 is 10.6 Å². The minimum absolute atomic E-state index is 0.0458. The fourth-order valence-corrected chi connectivity index (χ4v) is 2.91. The van der Waals surface area contributed by atoms with Gasteiger partial charge < -0.3 is 15.2 Å². The Morgan fingerprint density at radius 2 is 1.91 bits per heavy atom. The lowest BCUT2D eigenvalue weighted by molar-refractivity contribution is 0.0987. The van der Waals surface area contributed by atoms with Gasteiger partial charge in [0.1, 0.15) is 0 Å². The number of fused-ring (bicyclic) bond motifs is 3. The van der Waals surface area contributed by atoms with Gasteiger partial charge in [0.2, 0.25) is 0 Å². The fourth-order valence-electron chi connectivity index (χ4n) is 2.91. The maximum atomic E-state index is 12.9. The molecule has 0 spiro atoms. The standard InChI is InChI=1S/C18H15N3O2/c19-14-7-5-12(6-8-14)18(22)21-10-9-13-11-20-23-17(13)15-3-1-2-4-16(15)21/h1-8,11H,9-10,19H2. The minimum atomic E-state index is -0.0458. The van der Waals surface area contributed by atoms with Crippen molar-refractivity contribution in [2.45, 2.75) is 6.42 Å². The van der Waals surface area contributed by atoms with E-state index in [1.165, 1.54) is 0 Å². The van der Waals surface area contributed by atoms with E-state index in [4.69, 9.17) is 10.3 Å². The molecule has 2 heterocycles. The Morgan fingerprint density at radius 3 is 2.74 bits per heavy atom. The molecule has 4 rings (SSSR count). The van der Waals surface area contributed by atoms with Crippen molar-refractivity contribution in [3.63, 3.8) is 0 Å². The normalized spacial score (nSPS) is 13.1. The molecule has 3 aromatic rings. The van der Waals surface area contributed by atoms with Gasteiger partial charge in [0.25, 0.3) is 5.91 Å². The molecule has 0 radical (unpaired) electrons. The topological polar surface area (TPSA) is 72.4 Å². The summed E-state index contributed by atoms with van der Waals surface area (Å²) >= 11 is 0. The first kappa shape index (κ1) is 13.6. The number of benzene rings is 2. The van der Waals surface area contributed by atoms with Gasteiger partial charge in [0.15, 0.2) is 5.76 Å². The summed E-state index contributed by atoms with van der Waals surface area (Å²) in [6.45, 7) is 0.578. The Kier molecular flexibility index (Phi) is 3.12. The molecule has 0 atom stereocenters. The van der Waals surface area contributed by atoms with Gasteiger partial charge in [-0.15, -0.1) is 0 Å². The maximum absolute atomic E-state index is 12.9. The van der Waals surface area contributed by atoms with Gasteiger partial charge in [0, 0.05) is 28.9 Å². The highest BCUT2D eigenvalue weighted by Crippen LogP contribution is 2.36. The highest BCUT2D eigenvalue weighted by Gasteiger charge is 2.26. The predicted molar refractivity (Wildman–Crippen MR) is 88.2 cm³/mol. The third-order valence-electron chi connectivity index (χ3n) is 4.09. The summed E-state index contributed by atoms with van der Waals surface area (Å²) in [7, 11) is 0. The van der Waals surface area contributed by atoms with Crippen molar-refractivity contribution in [1.82, 2.24) is 5.16 Å². The van der Waals surface area contributed by atoms with Crippen LogP contribution in [0.15, 0.2) is 59.3 Å². The molecule has 2 aromatic carbocycles. The second-order valence-corrected chi connectivity index (χ2v) is 5.53. The molecule has 114 valence electrons. The Hall–Kier alpha value is -3.08. The molecule has 1 aromatic heterocycles. The molecule has 0 fully saturated rings.